The smallest absolute Gasteiger partial charge is 0.159 e. The van der Waals surface area contributed by atoms with Crippen molar-refractivity contribution in [3.05, 3.63) is 17.5 Å². The number of nitrogens with zero attached hydrogens (tertiary/aromatic N) is 2. The maximum Gasteiger partial charge on any atom is 0.159 e. The van der Waals surface area contributed by atoms with Crippen molar-refractivity contribution in [3.8, 4) is 0 Å². The van der Waals surface area contributed by atoms with Crippen LogP contribution in [-0.2, 0) is 22.9 Å². The van der Waals surface area contributed by atoms with Gasteiger partial charge in [-0.05, 0) is 13.0 Å². The zero-order valence-corrected chi connectivity index (χ0v) is 9.85. The summed E-state index contributed by atoms with van der Waals surface area (Å²) in [5, 5.41) is 4.29. The molecule has 5 nitrogen and oxygen atoms in total. The van der Waals surface area contributed by atoms with Gasteiger partial charge in [0.1, 0.15) is 0 Å². The highest BCUT2D eigenvalue weighted by Crippen LogP contribution is 2.13. The maximum absolute atomic E-state index is 6.06. The Balaban J connectivity index is 1.86. The first-order valence-corrected chi connectivity index (χ1v) is 5.63. The minimum Gasteiger partial charge on any atom is -0.350 e. The van der Waals surface area contributed by atoms with E-state index in [4.69, 9.17) is 15.2 Å². The van der Waals surface area contributed by atoms with Gasteiger partial charge >= 0.3 is 0 Å². The molecule has 1 atom stereocenters. The Morgan fingerprint density at radius 3 is 2.81 bits per heavy atom. The third-order valence-corrected chi connectivity index (χ3v) is 2.76. The minimum absolute atomic E-state index is 0.0536. The van der Waals surface area contributed by atoms with Crippen LogP contribution >= 0.6 is 0 Å². The fourth-order valence-electron chi connectivity index (χ4n) is 2.00. The van der Waals surface area contributed by atoms with E-state index in [1.807, 2.05) is 18.7 Å². The van der Waals surface area contributed by atoms with Gasteiger partial charge in [-0.15, -0.1) is 0 Å². The molecule has 1 aliphatic heterocycles. The van der Waals surface area contributed by atoms with Gasteiger partial charge < -0.3 is 15.2 Å². The molecule has 2 rings (SSSR count). The average Bonchev–Trinajstić information content (AvgIpc) is 2.78. The van der Waals surface area contributed by atoms with Gasteiger partial charge in [0.2, 0.25) is 0 Å². The van der Waals surface area contributed by atoms with Crippen molar-refractivity contribution < 1.29 is 9.47 Å². The van der Waals surface area contributed by atoms with Crippen LogP contribution in [0.2, 0.25) is 0 Å². The fourth-order valence-corrected chi connectivity index (χ4v) is 2.00. The monoisotopic (exact) mass is 225 g/mol. The quantitative estimate of drug-likeness (QED) is 0.803. The summed E-state index contributed by atoms with van der Waals surface area (Å²) in [5.74, 6) is 0. The normalized spacial score (nSPS) is 19.2. The second-order valence-electron chi connectivity index (χ2n) is 4.27. The molecule has 1 unspecified atom stereocenters. The second-order valence-corrected chi connectivity index (χ2v) is 4.27. The van der Waals surface area contributed by atoms with Gasteiger partial charge in [-0.3, -0.25) is 4.68 Å². The Bertz CT molecular complexity index is 345. The van der Waals surface area contributed by atoms with E-state index in [0.29, 0.717) is 13.2 Å². The van der Waals surface area contributed by atoms with Crippen LogP contribution in [0.15, 0.2) is 6.07 Å². The summed E-state index contributed by atoms with van der Waals surface area (Å²) in [7, 11) is 1.94. The lowest BCUT2D eigenvalue weighted by molar-refractivity contribution is -0.0505. The summed E-state index contributed by atoms with van der Waals surface area (Å²) in [6.07, 6.45) is 1.43. The van der Waals surface area contributed by atoms with Gasteiger partial charge in [0.05, 0.1) is 18.9 Å². The lowest BCUT2D eigenvalue weighted by Gasteiger charge is -2.15. The molecule has 1 aromatic heterocycles. The van der Waals surface area contributed by atoms with Crippen LogP contribution in [0.25, 0.3) is 0 Å². The van der Waals surface area contributed by atoms with E-state index in [1.54, 1.807) is 0 Å². The predicted octanol–water partition coefficient (Wildman–Crippen LogP) is 0.361. The van der Waals surface area contributed by atoms with Gasteiger partial charge in [-0.2, -0.15) is 5.10 Å². The molecule has 16 heavy (non-hydrogen) atoms. The number of hydrogen-bond acceptors (Lipinski definition) is 4. The molecule has 0 aliphatic carbocycles. The van der Waals surface area contributed by atoms with Crippen molar-refractivity contribution in [1.29, 1.82) is 0 Å². The van der Waals surface area contributed by atoms with Crippen molar-refractivity contribution in [2.24, 2.45) is 12.8 Å². The third kappa shape index (κ3) is 2.81. The Morgan fingerprint density at radius 1 is 1.56 bits per heavy atom. The molecule has 0 amide bonds. The van der Waals surface area contributed by atoms with Crippen LogP contribution in [0, 0.1) is 6.92 Å². The Morgan fingerprint density at radius 2 is 2.25 bits per heavy atom. The van der Waals surface area contributed by atoms with Crippen LogP contribution in [0.3, 0.4) is 0 Å². The van der Waals surface area contributed by atoms with E-state index in [1.165, 1.54) is 0 Å². The van der Waals surface area contributed by atoms with Gasteiger partial charge in [0, 0.05) is 31.6 Å². The number of nitrogens with two attached hydrogens (primary N) is 1. The molecule has 0 spiro atoms. The molecule has 1 aromatic rings. The first-order chi connectivity index (χ1) is 7.65. The molecule has 0 radical (unpaired) electrons. The first-order valence-electron chi connectivity index (χ1n) is 5.63. The zero-order chi connectivity index (χ0) is 11.5. The number of rotatable bonds is 4. The minimum atomic E-state index is -0.121. The Kier molecular flexibility index (Phi) is 3.58. The molecule has 0 saturated carbocycles. The van der Waals surface area contributed by atoms with E-state index in [2.05, 4.69) is 11.2 Å². The Labute approximate surface area is 95.5 Å². The van der Waals surface area contributed by atoms with Gasteiger partial charge in [0.15, 0.2) is 6.29 Å². The summed E-state index contributed by atoms with van der Waals surface area (Å²) in [6.45, 7) is 3.35. The molecule has 2 N–H and O–H groups in total. The molecule has 1 saturated heterocycles. The SMILES string of the molecule is Cc1cc(CC(N)CC2OCCO2)n(C)n1. The lowest BCUT2D eigenvalue weighted by atomic mass is 10.1. The highest BCUT2D eigenvalue weighted by molar-refractivity contribution is 5.09. The van der Waals surface area contributed by atoms with E-state index < -0.39 is 0 Å². The van der Waals surface area contributed by atoms with Gasteiger partial charge in [-0.25, -0.2) is 0 Å². The van der Waals surface area contributed by atoms with Gasteiger partial charge in [-0.1, -0.05) is 0 Å². The van der Waals surface area contributed by atoms with Crippen LogP contribution in [0.1, 0.15) is 17.8 Å². The molecule has 0 bridgehead atoms. The number of hydrogen-bond donors (Lipinski definition) is 1. The maximum atomic E-state index is 6.06. The summed E-state index contributed by atoms with van der Waals surface area (Å²) >= 11 is 0. The summed E-state index contributed by atoms with van der Waals surface area (Å²) < 4.78 is 12.6. The summed E-state index contributed by atoms with van der Waals surface area (Å²) in [5.41, 5.74) is 8.24. The van der Waals surface area contributed by atoms with E-state index in [9.17, 15) is 0 Å². The molecule has 90 valence electrons. The second kappa shape index (κ2) is 4.95. The lowest BCUT2D eigenvalue weighted by Crippen LogP contribution is -2.29. The highest BCUT2D eigenvalue weighted by Gasteiger charge is 2.20. The van der Waals surface area contributed by atoms with E-state index in [-0.39, 0.29) is 12.3 Å². The molecular weight excluding hydrogens is 206 g/mol. The number of aromatic nitrogens is 2. The van der Waals surface area contributed by atoms with Crippen molar-refractivity contribution >= 4 is 0 Å². The molecule has 5 heteroatoms. The summed E-state index contributed by atoms with van der Waals surface area (Å²) in [4.78, 5) is 0. The topological polar surface area (TPSA) is 62.3 Å². The average molecular weight is 225 g/mol. The molecule has 2 heterocycles. The van der Waals surface area contributed by atoms with Crippen molar-refractivity contribution in [2.45, 2.75) is 32.1 Å². The molecule has 1 fully saturated rings. The summed E-state index contributed by atoms with van der Waals surface area (Å²) in [6, 6.07) is 2.12. The predicted molar refractivity (Wildman–Crippen MR) is 59.9 cm³/mol. The van der Waals surface area contributed by atoms with Crippen LogP contribution in [-0.4, -0.2) is 35.3 Å². The van der Waals surface area contributed by atoms with Crippen molar-refractivity contribution in [3.63, 3.8) is 0 Å². The standard InChI is InChI=1S/C11H19N3O2/c1-8-5-10(14(2)13-8)6-9(12)7-11-15-3-4-16-11/h5,9,11H,3-4,6-7,12H2,1-2H3. The largest absolute Gasteiger partial charge is 0.350 e. The van der Waals surface area contributed by atoms with Crippen molar-refractivity contribution in [2.75, 3.05) is 13.2 Å². The van der Waals surface area contributed by atoms with Crippen LogP contribution in [0.5, 0.6) is 0 Å². The number of ether oxygens (including phenoxy) is 2. The molecular formula is C11H19N3O2. The van der Waals surface area contributed by atoms with E-state index in [0.717, 1.165) is 24.2 Å². The number of aryl methyl sites for hydroxylation is 2. The Hall–Kier alpha value is -0.910. The van der Waals surface area contributed by atoms with Gasteiger partial charge in [0.25, 0.3) is 0 Å². The highest BCUT2D eigenvalue weighted by atomic mass is 16.7. The molecule has 1 aliphatic rings. The van der Waals surface area contributed by atoms with Crippen molar-refractivity contribution in [1.82, 2.24) is 9.78 Å². The zero-order valence-electron chi connectivity index (χ0n) is 9.85. The van der Waals surface area contributed by atoms with Crippen LogP contribution in [0.4, 0.5) is 0 Å². The van der Waals surface area contributed by atoms with E-state index >= 15 is 0 Å². The fraction of sp³-hybridized carbons (Fsp3) is 0.727. The van der Waals surface area contributed by atoms with Crippen LogP contribution < -0.4 is 5.73 Å². The first kappa shape index (κ1) is 11.6. The molecule has 0 aromatic carbocycles. The third-order valence-electron chi connectivity index (χ3n) is 2.76.